The minimum Gasteiger partial charge on any atom is -0.330 e. The van der Waals surface area contributed by atoms with E-state index in [0.717, 1.165) is 12.3 Å². The largest absolute Gasteiger partial charge is 0.330 e. The maximum absolute atomic E-state index is 5.36. The van der Waals surface area contributed by atoms with Crippen molar-refractivity contribution in [2.75, 3.05) is 12.3 Å². The average Bonchev–Trinajstić information content (AvgIpc) is 2.03. The molecule has 1 aromatic carbocycles. The van der Waals surface area contributed by atoms with Gasteiger partial charge < -0.3 is 5.73 Å². The molecule has 62 valence electrons. The number of hydrogen-bond acceptors (Lipinski definition) is 2. The molecule has 0 radical (unpaired) electrons. The van der Waals surface area contributed by atoms with Crippen molar-refractivity contribution in [2.24, 2.45) is 5.73 Å². The van der Waals surface area contributed by atoms with Crippen molar-refractivity contribution < 1.29 is 0 Å². The fourth-order valence-corrected chi connectivity index (χ4v) is 1.40. The Kier molecular flexibility index (Phi) is 6.71. The third-order valence-electron chi connectivity index (χ3n) is 1.13. The summed E-state index contributed by atoms with van der Waals surface area (Å²) in [5.41, 5.74) is 5.36. The lowest BCUT2D eigenvalue weighted by Gasteiger charge is -1.96. The molecule has 0 bridgehead atoms. The van der Waals surface area contributed by atoms with E-state index in [1.165, 1.54) is 4.90 Å². The molecule has 1 aromatic rings. The van der Waals surface area contributed by atoms with Gasteiger partial charge >= 0.3 is 0 Å². The second kappa shape index (κ2) is 6.70. The van der Waals surface area contributed by atoms with Crippen molar-refractivity contribution in [1.29, 1.82) is 0 Å². The van der Waals surface area contributed by atoms with Crippen LogP contribution in [0, 0.1) is 0 Å². The fourth-order valence-electron chi connectivity index (χ4n) is 0.693. The summed E-state index contributed by atoms with van der Waals surface area (Å²) >= 11 is 1.80. The predicted molar refractivity (Wildman–Crippen MR) is 56.5 cm³/mol. The molecule has 0 heterocycles. The van der Waals surface area contributed by atoms with E-state index >= 15 is 0 Å². The Morgan fingerprint density at radius 2 is 1.82 bits per heavy atom. The first-order valence-electron chi connectivity index (χ1n) is 3.31. The Balaban J connectivity index is 0.000001000. The predicted octanol–water partition coefficient (Wildman–Crippen LogP) is 2.32. The van der Waals surface area contributed by atoms with Gasteiger partial charge in [-0.1, -0.05) is 18.2 Å². The maximum Gasteiger partial charge on any atom is 0.0103 e. The Morgan fingerprint density at radius 3 is 2.36 bits per heavy atom. The van der Waals surface area contributed by atoms with E-state index in [-0.39, 0.29) is 17.0 Å². The first-order valence-corrected chi connectivity index (χ1v) is 4.30. The molecule has 1 nitrogen and oxygen atoms in total. The normalized spacial score (nSPS) is 8.82. The Labute approximate surface area is 82.1 Å². The van der Waals surface area contributed by atoms with Gasteiger partial charge in [-0.05, 0) is 12.1 Å². The third-order valence-corrected chi connectivity index (χ3v) is 2.18. The monoisotopic (exact) mass is 233 g/mol. The zero-order chi connectivity index (χ0) is 7.23. The van der Waals surface area contributed by atoms with Gasteiger partial charge in [-0.3, -0.25) is 0 Å². The summed E-state index contributed by atoms with van der Waals surface area (Å²) < 4.78 is 0. The minimum atomic E-state index is 0. The smallest absolute Gasteiger partial charge is 0.0103 e. The fraction of sp³-hybridized carbons (Fsp3) is 0.250. The lowest BCUT2D eigenvalue weighted by atomic mass is 10.4. The van der Waals surface area contributed by atoms with Crippen LogP contribution in [0.15, 0.2) is 35.2 Å². The molecular weight excluding hydrogens is 222 g/mol. The van der Waals surface area contributed by atoms with E-state index in [1.807, 2.05) is 18.2 Å². The first-order chi connectivity index (χ1) is 4.93. The van der Waals surface area contributed by atoms with Gasteiger partial charge in [-0.2, -0.15) is 0 Å². The van der Waals surface area contributed by atoms with E-state index < -0.39 is 0 Å². The summed E-state index contributed by atoms with van der Waals surface area (Å²) in [5, 5.41) is 0. The van der Waals surface area contributed by atoms with Crippen LogP contribution in [0.4, 0.5) is 0 Å². The zero-order valence-electron chi connectivity index (χ0n) is 6.19. The van der Waals surface area contributed by atoms with Crippen molar-refractivity contribution in [3.8, 4) is 0 Å². The van der Waals surface area contributed by atoms with Crippen LogP contribution < -0.4 is 5.73 Å². The highest BCUT2D eigenvalue weighted by Gasteiger charge is 1.87. The van der Waals surface area contributed by atoms with Gasteiger partial charge in [0.15, 0.2) is 0 Å². The molecule has 0 saturated carbocycles. The van der Waals surface area contributed by atoms with E-state index in [0.29, 0.717) is 0 Å². The molecule has 0 aromatic heterocycles. The average molecular weight is 234 g/mol. The van der Waals surface area contributed by atoms with Crippen LogP contribution in [-0.2, 0) is 0 Å². The van der Waals surface area contributed by atoms with E-state index in [4.69, 9.17) is 5.73 Å². The Morgan fingerprint density at radius 1 is 1.18 bits per heavy atom. The highest BCUT2D eigenvalue weighted by molar-refractivity contribution is 8.93. The van der Waals surface area contributed by atoms with Crippen LogP contribution >= 0.6 is 28.7 Å². The van der Waals surface area contributed by atoms with Crippen LogP contribution in [0.1, 0.15) is 0 Å². The molecule has 0 aliphatic carbocycles. The molecule has 0 atom stereocenters. The second-order valence-electron chi connectivity index (χ2n) is 1.95. The first kappa shape index (κ1) is 11.0. The van der Waals surface area contributed by atoms with Crippen LogP contribution in [0.5, 0.6) is 0 Å². The van der Waals surface area contributed by atoms with Crippen LogP contribution in [0.3, 0.4) is 0 Å². The SMILES string of the molecule is Br.NCCSc1ccccc1. The summed E-state index contributed by atoms with van der Waals surface area (Å²) in [6.07, 6.45) is 0. The quantitative estimate of drug-likeness (QED) is 0.812. The van der Waals surface area contributed by atoms with Crippen molar-refractivity contribution in [1.82, 2.24) is 0 Å². The summed E-state index contributed by atoms with van der Waals surface area (Å²) in [6, 6.07) is 10.3. The van der Waals surface area contributed by atoms with E-state index in [1.54, 1.807) is 11.8 Å². The van der Waals surface area contributed by atoms with Crippen molar-refractivity contribution in [3.63, 3.8) is 0 Å². The van der Waals surface area contributed by atoms with Gasteiger partial charge in [0.1, 0.15) is 0 Å². The van der Waals surface area contributed by atoms with Gasteiger partial charge in [-0.15, -0.1) is 28.7 Å². The number of benzene rings is 1. The number of nitrogens with two attached hydrogens (primary N) is 1. The Bertz CT molecular complexity index is 179. The van der Waals surface area contributed by atoms with Gasteiger partial charge in [0.05, 0.1) is 0 Å². The van der Waals surface area contributed by atoms with Gasteiger partial charge in [0.25, 0.3) is 0 Å². The van der Waals surface area contributed by atoms with Crippen LogP contribution in [0.2, 0.25) is 0 Å². The summed E-state index contributed by atoms with van der Waals surface area (Å²) in [5.74, 6) is 1.00. The molecule has 2 N–H and O–H groups in total. The van der Waals surface area contributed by atoms with Crippen LogP contribution in [0.25, 0.3) is 0 Å². The molecule has 0 aliphatic rings. The molecule has 1 rings (SSSR count). The molecule has 0 spiro atoms. The topological polar surface area (TPSA) is 26.0 Å². The summed E-state index contributed by atoms with van der Waals surface area (Å²) in [4.78, 5) is 1.30. The van der Waals surface area contributed by atoms with Crippen molar-refractivity contribution >= 4 is 28.7 Å². The maximum atomic E-state index is 5.36. The molecule has 0 amide bonds. The van der Waals surface area contributed by atoms with Gasteiger partial charge in [0.2, 0.25) is 0 Å². The highest BCUT2D eigenvalue weighted by atomic mass is 79.9. The number of rotatable bonds is 3. The van der Waals surface area contributed by atoms with Gasteiger partial charge in [-0.25, -0.2) is 0 Å². The van der Waals surface area contributed by atoms with Crippen molar-refractivity contribution in [2.45, 2.75) is 4.90 Å². The van der Waals surface area contributed by atoms with Crippen LogP contribution in [-0.4, -0.2) is 12.3 Å². The second-order valence-corrected chi connectivity index (χ2v) is 3.12. The van der Waals surface area contributed by atoms with E-state index in [2.05, 4.69) is 12.1 Å². The van der Waals surface area contributed by atoms with E-state index in [9.17, 15) is 0 Å². The third kappa shape index (κ3) is 4.45. The standard InChI is InChI=1S/C8H11NS.BrH/c9-6-7-10-8-4-2-1-3-5-8;/h1-5H,6-7,9H2;1H. The lowest BCUT2D eigenvalue weighted by molar-refractivity contribution is 1.15. The van der Waals surface area contributed by atoms with Gasteiger partial charge in [0, 0.05) is 17.2 Å². The van der Waals surface area contributed by atoms with Crippen molar-refractivity contribution in [3.05, 3.63) is 30.3 Å². The molecule has 0 unspecified atom stereocenters. The Hall–Kier alpha value is 0.0100. The zero-order valence-corrected chi connectivity index (χ0v) is 8.72. The molecule has 0 saturated heterocycles. The summed E-state index contributed by atoms with van der Waals surface area (Å²) in [7, 11) is 0. The number of halogens is 1. The minimum absolute atomic E-state index is 0. The highest BCUT2D eigenvalue weighted by Crippen LogP contribution is 2.15. The molecule has 0 fully saturated rings. The molecule has 0 aliphatic heterocycles. The molecule has 11 heavy (non-hydrogen) atoms. The number of hydrogen-bond donors (Lipinski definition) is 1. The molecular formula is C8H12BrNS. The number of thioether (sulfide) groups is 1. The molecule has 3 heteroatoms. The summed E-state index contributed by atoms with van der Waals surface area (Å²) in [6.45, 7) is 0.750. The lowest BCUT2D eigenvalue weighted by Crippen LogP contribution is -2.00.